The summed E-state index contributed by atoms with van der Waals surface area (Å²) in [5, 5.41) is 6.23. The van der Waals surface area contributed by atoms with E-state index in [4.69, 9.17) is 9.47 Å². The van der Waals surface area contributed by atoms with Gasteiger partial charge in [0.15, 0.2) is 0 Å². The van der Waals surface area contributed by atoms with Crippen LogP contribution in [0.1, 0.15) is 85.6 Å². The van der Waals surface area contributed by atoms with Crippen molar-refractivity contribution in [2.45, 2.75) is 104 Å². The average Bonchev–Trinajstić information content (AvgIpc) is 2.73. The molecule has 1 saturated carbocycles. The Morgan fingerprint density at radius 1 is 0.912 bits per heavy atom. The molecule has 2 rings (SSSR count). The minimum atomic E-state index is -0.488. The van der Waals surface area contributed by atoms with E-state index < -0.39 is 11.2 Å². The predicted molar refractivity (Wildman–Crippen MR) is 137 cm³/mol. The summed E-state index contributed by atoms with van der Waals surface area (Å²) in [4.78, 5) is 26.5. The molecule has 0 aliphatic heterocycles. The van der Waals surface area contributed by atoms with E-state index in [1.54, 1.807) is 0 Å². The predicted octanol–water partition coefficient (Wildman–Crippen LogP) is 6.13. The van der Waals surface area contributed by atoms with Gasteiger partial charge < -0.3 is 25.0 Å². The highest BCUT2D eigenvalue weighted by Crippen LogP contribution is 2.24. The summed E-state index contributed by atoms with van der Waals surface area (Å²) in [5.41, 5.74) is 1.23. The second kappa shape index (κ2) is 12.9. The Bertz CT molecular complexity index is 760. The van der Waals surface area contributed by atoms with Crippen molar-refractivity contribution in [1.29, 1.82) is 0 Å². The first-order valence-corrected chi connectivity index (χ1v) is 12.7. The lowest BCUT2D eigenvalue weighted by molar-refractivity contribution is 0.0121. The largest absolute Gasteiger partial charge is 0.444 e. The number of carbonyl (C=O) groups is 2. The number of hydrogen-bond acceptors (Lipinski definition) is 5. The highest BCUT2D eigenvalue weighted by Gasteiger charge is 2.29. The van der Waals surface area contributed by atoms with Gasteiger partial charge >= 0.3 is 12.2 Å². The highest BCUT2D eigenvalue weighted by molar-refractivity contribution is 5.68. The molecule has 1 aliphatic carbocycles. The third-order valence-corrected chi connectivity index (χ3v) is 5.58. The number of nitrogens with zero attached hydrogens (tertiary/aromatic N) is 1. The van der Waals surface area contributed by atoms with Crippen LogP contribution < -0.4 is 10.6 Å². The maximum Gasteiger partial charge on any atom is 0.410 e. The Morgan fingerprint density at radius 2 is 1.53 bits per heavy atom. The number of anilines is 1. The Kier molecular flexibility index (Phi) is 10.5. The number of rotatable bonds is 9. The van der Waals surface area contributed by atoms with E-state index in [-0.39, 0.29) is 18.2 Å². The van der Waals surface area contributed by atoms with E-state index in [1.165, 1.54) is 19.3 Å². The summed E-state index contributed by atoms with van der Waals surface area (Å²) in [6, 6.07) is 8.52. The van der Waals surface area contributed by atoms with Crippen molar-refractivity contribution in [3.8, 4) is 0 Å². The van der Waals surface area contributed by atoms with Crippen LogP contribution in [-0.2, 0) is 15.9 Å². The number of hydrogen-bond donors (Lipinski definition) is 2. The molecule has 0 saturated heterocycles. The van der Waals surface area contributed by atoms with Crippen LogP contribution in [0.5, 0.6) is 0 Å². The molecule has 34 heavy (non-hydrogen) atoms. The van der Waals surface area contributed by atoms with E-state index in [9.17, 15) is 9.59 Å². The van der Waals surface area contributed by atoms with Crippen molar-refractivity contribution >= 4 is 17.9 Å². The third-order valence-electron chi connectivity index (χ3n) is 5.58. The van der Waals surface area contributed by atoms with Crippen LogP contribution in [-0.4, -0.2) is 54.0 Å². The Morgan fingerprint density at radius 3 is 2.12 bits per heavy atom. The van der Waals surface area contributed by atoms with Crippen LogP contribution in [0.25, 0.3) is 0 Å². The summed E-state index contributed by atoms with van der Waals surface area (Å²) in [6.45, 7) is 13.3. The first-order valence-electron chi connectivity index (χ1n) is 12.7. The first kappa shape index (κ1) is 27.8. The lowest BCUT2D eigenvalue weighted by Gasteiger charge is -2.35. The third kappa shape index (κ3) is 11.1. The van der Waals surface area contributed by atoms with Crippen molar-refractivity contribution in [2.75, 3.05) is 25.0 Å². The fourth-order valence-corrected chi connectivity index (χ4v) is 4.03. The van der Waals surface area contributed by atoms with E-state index in [1.807, 2.05) is 46.4 Å². The minimum Gasteiger partial charge on any atom is -0.444 e. The van der Waals surface area contributed by atoms with Crippen LogP contribution in [0, 0.1) is 0 Å². The standard InChI is InChI=1S/C27H45N3O4/c1-26(2,3)33-24(31)29-19-17-21-13-15-22(16-14-21)28-18-10-20-30(23-11-8-7-9-12-23)25(32)34-27(4,5)6/h13-16,23,28H,7-12,17-20H2,1-6H3,(H,29,31). The molecule has 7 nitrogen and oxygen atoms in total. The fourth-order valence-electron chi connectivity index (χ4n) is 4.03. The average molecular weight is 476 g/mol. The van der Waals surface area contributed by atoms with Crippen molar-refractivity contribution in [1.82, 2.24) is 10.2 Å². The second-order valence-electron chi connectivity index (χ2n) is 11.1. The fraction of sp³-hybridized carbons (Fsp3) is 0.704. The number of alkyl carbamates (subject to hydrolysis) is 1. The van der Waals surface area contributed by atoms with E-state index in [0.29, 0.717) is 13.1 Å². The molecule has 1 aliphatic rings. The lowest BCUT2D eigenvalue weighted by Crippen LogP contribution is -2.45. The molecule has 2 N–H and O–H groups in total. The van der Waals surface area contributed by atoms with Gasteiger partial charge in [-0.25, -0.2) is 9.59 Å². The molecule has 2 amide bonds. The van der Waals surface area contributed by atoms with Crippen molar-refractivity contribution in [2.24, 2.45) is 0 Å². The topological polar surface area (TPSA) is 79.9 Å². The Hall–Kier alpha value is -2.44. The van der Waals surface area contributed by atoms with Gasteiger partial charge in [-0.3, -0.25) is 0 Å². The van der Waals surface area contributed by atoms with Gasteiger partial charge in [0.05, 0.1) is 0 Å². The zero-order valence-electron chi connectivity index (χ0n) is 22.0. The molecule has 192 valence electrons. The van der Waals surface area contributed by atoms with Gasteiger partial charge in [0.2, 0.25) is 0 Å². The van der Waals surface area contributed by atoms with Crippen LogP contribution in [0.2, 0.25) is 0 Å². The van der Waals surface area contributed by atoms with Crippen molar-refractivity contribution in [3.05, 3.63) is 29.8 Å². The second-order valence-corrected chi connectivity index (χ2v) is 11.1. The molecule has 7 heteroatoms. The molecular weight excluding hydrogens is 430 g/mol. The number of benzene rings is 1. The molecular formula is C27H45N3O4. The zero-order chi connectivity index (χ0) is 25.2. The van der Waals surface area contributed by atoms with Gasteiger partial charge in [0, 0.05) is 31.4 Å². The quantitative estimate of drug-likeness (QED) is 0.420. The minimum absolute atomic E-state index is 0.191. The van der Waals surface area contributed by atoms with E-state index >= 15 is 0 Å². The Labute approximate surface area is 205 Å². The molecule has 0 spiro atoms. The van der Waals surface area contributed by atoms with Gasteiger partial charge in [0.25, 0.3) is 0 Å². The van der Waals surface area contributed by atoms with E-state index in [0.717, 1.165) is 43.5 Å². The monoisotopic (exact) mass is 475 g/mol. The van der Waals surface area contributed by atoms with Crippen LogP contribution in [0.4, 0.5) is 15.3 Å². The molecule has 1 aromatic carbocycles. The van der Waals surface area contributed by atoms with Crippen molar-refractivity contribution in [3.63, 3.8) is 0 Å². The maximum absolute atomic E-state index is 12.8. The maximum atomic E-state index is 12.8. The van der Waals surface area contributed by atoms with Gasteiger partial charge in [-0.15, -0.1) is 0 Å². The molecule has 1 aromatic rings. The van der Waals surface area contributed by atoms with Crippen LogP contribution in [0.15, 0.2) is 24.3 Å². The Balaban J connectivity index is 1.75. The number of carbonyl (C=O) groups excluding carboxylic acids is 2. The van der Waals surface area contributed by atoms with Gasteiger partial charge in [0.1, 0.15) is 11.2 Å². The number of ether oxygens (including phenoxy) is 2. The van der Waals surface area contributed by atoms with Gasteiger partial charge in [-0.05, 0) is 84.9 Å². The molecule has 0 heterocycles. The molecule has 1 fully saturated rings. The van der Waals surface area contributed by atoms with Crippen LogP contribution in [0.3, 0.4) is 0 Å². The normalized spacial score (nSPS) is 14.9. The van der Waals surface area contributed by atoms with Crippen LogP contribution >= 0.6 is 0 Å². The first-order chi connectivity index (χ1) is 15.9. The summed E-state index contributed by atoms with van der Waals surface area (Å²) in [6.07, 6.45) is 6.77. The molecule has 0 bridgehead atoms. The zero-order valence-corrected chi connectivity index (χ0v) is 22.0. The highest BCUT2D eigenvalue weighted by atomic mass is 16.6. The van der Waals surface area contributed by atoms with Crippen molar-refractivity contribution < 1.29 is 19.1 Å². The number of nitrogens with one attached hydrogen (secondary N) is 2. The summed E-state index contributed by atoms with van der Waals surface area (Å²) in [7, 11) is 0. The lowest BCUT2D eigenvalue weighted by atomic mass is 9.94. The molecule has 0 aromatic heterocycles. The van der Waals surface area contributed by atoms with E-state index in [2.05, 4.69) is 34.9 Å². The number of amides is 2. The summed E-state index contributed by atoms with van der Waals surface area (Å²) >= 11 is 0. The summed E-state index contributed by atoms with van der Waals surface area (Å²) < 4.78 is 10.9. The van der Waals surface area contributed by atoms with Gasteiger partial charge in [-0.1, -0.05) is 31.4 Å². The molecule has 0 unspecified atom stereocenters. The SMILES string of the molecule is CC(C)(C)OC(=O)NCCc1ccc(NCCCN(C(=O)OC(C)(C)C)C2CCCCC2)cc1. The molecule has 0 radical (unpaired) electrons. The van der Waals surface area contributed by atoms with Gasteiger partial charge in [-0.2, -0.15) is 0 Å². The summed E-state index contributed by atoms with van der Waals surface area (Å²) in [5.74, 6) is 0. The smallest absolute Gasteiger partial charge is 0.410 e. The molecule has 0 atom stereocenters.